The van der Waals surface area contributed by atoms with E-state index in [1.54, 1.807) is 10.6 Å². The van der Waals surface area contributed by atoms with Crippen LogP contribution in [-0.2, 0) is 6.54 Å². The summed E-state index contributed by atoms with van der Waals surface area (Å²) in [6, 6.07) is 4.66. The van der Waals surface area contributed by atoms with E-state index in [1.165, 1.54) is 12.1 Å². The van der Waals surface area contributed by atoms with Gasteiger partial charge in [-0.05, 0) is 31.2 Å². The predicted molar refractivity (Wildman–Crippen MR) is 138 cm³/mol. The number of nitrogens with zero attached hydrogens (tertiary/aromatic N) is 2. The van der Waals surface area contributed by atoms with Crippen molar-refractivity contribution in [3.05, 3.63) is 38.7 Å². The molecule has 7 nitrogen and oxygen atoms in total. The van der Waals surface area contributed by atoms with Crippen LogP contribution in [-0.4, -0.2) is 22.7 Å². The zero-order valence-corrected chi connectivity index (χ0v) is 21.4. The van der Waals surface area contributed by atoms with Gasteiger partial charge in [0.1, 0.15) is 0 Å². The molecule has 0 fully saturated rings. The summed E-state index contributed by atoms with van der Waals surface area (Å²) in [5, 5.41) is 12.2. The summed E-state index contributed by atoms with van der Waals surface area (Å²) < 4.78 is 13.9. The third-order valence-corrected chi connectivity index (χ3v) is 6.15. The third kappa shape index (κ3) is 7.74. The van der Waals surface area contributed by atoms with Gasteiger partial charge in [0, 0.05) is 24.1 Å². The largest absolute Gasteiger partial charge is 0.489 e. The first-order valence-corrected chi connectivity index (χ1v) is 13.0. The Balaban J connectivity index is 2.54. The van der Waals surface area contributed by atoms with Gasteiger partial charge in [-0.3, -0.25) is 14.9 Å². The number of aromatic nitrogens is 1. The third-order valence-electron chi connectivity index (χ3n) is 6.15. The molecule has 0 bridgehead atoms. The number of nitro groups is 1. The van der Waals surface area contributed by atoms with Gasteiger partial charge in [-0.15, -0.1) is 0 Å². The van der Waals surface area contributed by atoms with E-state index < -0.39 is 4.92 Å². The van der Waals surface area contributed by atoms with Crippen LogP contribution in [0.1, 0.15) is 91.9 Å². The minimum absolute atomic E-state index is 0.0339. The zero-order valence-electron chi connectivity index (χ0n) is 21.4. The highest BCUT2D eigenvalue weighted by Gasteiger charge is 2.22. The molecule has 1 heterocycles. The molecule has 0 aliphatic rings. The number of rotatable bonds is 17. The Hall–Kier alpha value is -2.57. The van der Waals surface area contributed by atoms with Crippen molar-refractivity contribution in [3.8, 4) is 11.5 Å². The van der Waals surface area contributed by atoms with Crippen LogP contribution in [0.15, 0.2) is 23.0 Å². The number of pyridine rings is 1. The second-order valence-corrected chi connectivity index (χ2v) is 9.25. The summed E-state index contributed by atoms with van der Waals surface area (Å²) in [6.07, 6.45) is 10.3. The van der Waals surface area contributed by atoms with Gasteiger partial charge in [-0.1, -0.05) is 72.6 Å². The lowest BCUT2D eigenvalue weighted by Crippen LogP contribution is -2.25. The number of nitro benzene ring substituents is 1. The molecule has 190 valence electrons. The number of fused-ring (bicyclic) bond motifs is 1. The van der Waals surface area contributed by atoms with E-state index in [9.17, 15) is 14.9 Å². The first-order valence-electron chi connectivity index (χ1n) is 13.0. The molecule has 0 N–H and O–H groups in total. The van der Waals surface area contributed by atoms with Gasteiger partial charge in [0.05, 0.1) is 23.7 Å². The molecule has 1 unspecified atom stereocenters. The van der Waals surface area contributed by atoms with Crippen LogP contribution in [0.25, 0.3) is 10.9 Å². The molecule has 2 aromatic rings. The molecule has 0 spiro atoms. The second kappa shape index (κ2) is 14.6. The monoisotopic (exact) mass is 474 g/mol. The van der Waals surface area contributed by atoms with Crippen molar-refractivity contribution in [1.82, 2.24) is 4.57 Å². The smallest absolute Gasteiger partial charge is 0.297 e. The molecular weight excluding hydrogens is 432 g/mol. The molecule has 0 aliphatic carbocycles. The van der Waals surface area contributed by atoms with Crippen molar-refractivity contribution in [2.24, 2.45) is 5.92 Å². The van der Waals surface area contributed by atoms with Gasteiger partial charge < -0.3 is 14.0 Å². The highest BCUT2D eigenvalue weighted by molar-refractivity contribution is 5.89. The van der Waals surface area contributed by atoms with Gasteiger partial charge in [0.15, 0.2) is 5.75 Å². The first kappa shape index (κ1) is 27.7. The maximum atomic E-state index is 13.6. The standard InChI is InChI=1S/C27H42N2O5/c1-5-8-10-12-17-28-24-19-22(29(31)32)15-16-23(24)25(33-18-13-11-9-6-2)26(27(28)30)34-20-21(4)14-7-3/h15-16,19,21H,5-14,17-18,20H2,1-4H3. The van der Waals surface area contributed by atoms with Crippen molar-refractivity contribution in [2.45, 2.75) is 98.4 Å². The minimum Gasteiger partial charge on any atom is -0.489 e. The van der Waals surface area contributed by atoms with Gasteiger partial charge >= 0.3 is 0 Å². The van der Waals surface area contributed by atoms with E-state index >= 15 is 0 Å². The fourth-order valence-electron chi connectivity index (χ4n) is 4.19. The molecule has 1 aromatic heterocycles. The van der Waals surface area contributed by atoms with Gasteiger partial charge in [-0.25, -0.2) is 0 Å². The Morgan fingerprint density at radius 2 is 1.65 bits per heavy atom. The van der Waals surface area contributed by atoms with Crippen LogP contribution < -0.4 is 15.0 Å². The molecule has 1 aromatic carbocycles. The van der Waals surface area contributed by atoms with E-state index in [4.69, 9.17) is 9.47 Å². The maximum absolute atomic E-state index is 13.6. The van der Waals surface area contributed by atoms with Gasteiger partial charge in [-0.2, -0.15) is 0 Å². The van der Waals surface area contributed by atoms with E-state index in [1.807, 2.05) is 0 Å². The summed E-state index contributed by atoms with van der Waals surface area (Å²) in [5.74, 6) is 0.961. The van der Waals surface area contributed by atoms with Gasteiger partial charge in [0.2, 0.25) is 5.75 Å². The van der Waals surface area contributed by atoms with E-state index in [0.717, 1.165) is 64.2 Å². The molecule has 0 aliphatic heterocycles. The highest BCUT2D eigenvalue weighted by Crippen LogP contribution is 2.35. The lowest BCUT2D eigenvalue weighted by Gasteiger charge is -2.20. The average molecular weight is 475 g/mol. The molecule has 34 heavy (non-hydrogen) atoms. The SMILES string of the molecule is CCCCCCOc1c(OCC(C)CCC)c(=O)n(CCCCCC)c2cc([N+](=O)[O-])ccc12. The van der Waals surface area contributed by atoms with Crippen molar-refractivity contribution in [2.75, 3.05) is 13.2 Å². The number of non-ortho nitro benzene ring substituents is 1. The Morgan fingerprint density at radius 3 is 2.29 bits per heavy atom. The normalized spacial score (nSPS) is 12.1. The molecular formula is C27H42N2O5. The minimum atomic E-state index is -0.423. The van der Waals surface area contributed by atoms with Gasteiger partial charge in [0.25, 0.3) is 11.2 Å². The number of benzene rings is 1. The summed E-state index contributed by atoms with van der Waals surface area (Å²) in [6.45, 7) is 9.95. The zero-order chi connectivity index (χ0) is 24.9. The summed E-state index contributed by atoms with van der Waals surface area (Å²) in [4.78, 5) is 24.7. The summed E-state index contributed by atoms with van der Waals surface area (Å²) in [7, 11) is 0. The predicted octanol–water partition coefficient (Wildman–Crippen LogP) is 7.26. The molecule has 0 saturated heterocycles. The highest BCUT2D eigenvalue weighted by atomic mass is 16.6. The molecule has 7 heteroatoms. The Bertz CT molecular complexity index is 970. The summed E-state index contributed by atoms with van der Waals surface area (Å²) >= 11 is 0. The first-order chi connectivity index (χ1) is 16.4. The van der Waals surface area contributed by atoms with Crippen LogP contribution in [0.2, 0.25) is 0 Å². The quantitative estimate of drug-likeness (QED) is 0.137. The maximum Gasteiger partial charge on any atom is 0.297 e. The number of hydrogen-bond donors (Lipinski definition) is 0. The van der Waals surface area contributed by atoms with Crippen LogP contribution in [0, 0.1) is 16.0 Å². The van der Waals surface area contributed by atoms with E-state index in [-0.39, 0.29) is 17.0 Å². The number of aryl methyl sites for hydroxylation is 1. The Morgan fingerprint density at radius 1 is 0.941 bits per heavy atom. The van der Waals surface area contributed by atoms with Crippen molar-refractivity contribution in [3.63, 3.8) is 0 Å². The summed E-state index contributed by atoms with van der Waals surface area (Å²) in [5.41, 5.74) is 0.235. The topological polar surface area (TPSA) is 83.6 Å². The second-order valence-electron chi connectivity index (χ2n) is 9.25. The number of hydrogen-bond acceptors (Lipinski definition) is 5. The Labute approximate surface area is 203 Å². The molecule has 1 atom stereocenters. The number of unbranched alkanes of at least 4 members (excludes halogenated alkanes) is 6. The lowest BCUT2D eigenvalue weighted by atomic mass is 10.1. The van der Waals surface area contributed by atoms with Crippen LogP contribution in [0.3, 0.4) is 0 Å². The lowest BCUT2D eigenvalue weighted by molar-refractivity contribution is -0.384. The van der Waals surface area contributed by atoms with E-state index in [0.29, 0.717) is 42.3 Å². The van der Waals surface area contributed by atoms with Crippen LogP contribution in [0.5, 0.6) is 11.5 Å². The fourth-order valence-corrected chi connectivity index (χ4v) is 4.19. The molecule has 0 saturated carbocycles. The van der Waals surface area contributed by atoms with E-state index in [2.05, 4.69) is 27.7 Å². The van der Waals surface area contributed by atoms with Crippen molar-refractivity contribution >= 4 is 16.6 Å². The van der Waals surface area contributed by atoms with Crippen LogP contribution in [0.4, 0.5) is 5.69 Å². The van der Waals surface area contributed by atoms with Crippen LogP contribution >= 0.6 is 0 Å². The fraction of sp³-hybridized carbons (Fsp3) is 0.667. The number of ether oxygens (including phenoxy) is 2. The molecule has 0 radical (unpaired) electrons. The van der Waals surface area contributed by atoms with Crippen molar-refractivity contribution in [1.29, 1.82) is 0 Å². The molecule has 2 rings (SSSR count). The Kier molecular flexibility index (Phi) is 11.9. The van der Waals surface area contributed by atoms with Crippen molar-refractivity contribution < 1.29 is 14.4 Å². The average Bonchev–Trinajstić information content (AvgIpc) is 2.82. The molecule has 0 amide bonds.